The number of carboxylic acid groups (broad SMARTS) is 1. The number of aliphatic hydroxyl groups is 2. The van der Waals surface area contributed by atoms with Crippen LogP contribution in [0.15, 0.2) is 115 Å². The largest absolute Gasteiger partial charge is 0.481 e. The third kappa shape index (κ3) is 6.76. The number of carboxylic acids is 1. The van der Waals surface area contributed by atoms with E-state index in [1.807, 2.05) is 76.0 Å². The van der Waals surface area contributed by atoms with Crippen molar-refractivity contribution in [2.45, 2.75) is 51.6 Å². The number of para-hydroxylation sites is 2. The van der Waals surface area contributed by atoms with Crippen molar-refractivity contribution in [3.63, 3.8) is 0 Å². The summed E-state index contributed by atoms with van der Waals surface area (Å²) in [6.45, 7) is 1.04. The van der Waals surface area contributed by atoms with Crippen molar-refractivity contribution in [2.24, 2.45) is 0 Å². The Morgan fingerprint density at radius 3 is 2.33 bits per heavy atom. The highest BCUT2D eigenvalue weighted by atomic mass is 19.1. The number of rotatable bonds is 13. The van der Waals surface area contributed by atoms with Crippen molar-refractivity contribution in [2.75, 3.05) is 0 Å². The smallest absolute Gasteiger partial charge is 0.303 e. The standard InChI is InChI=1S/C40H37FN4O4/c41-31-13-10-28(11-14-31)40-34(23-32(15-17-39(48)49)44(40)21-18-27-6-2-1-3-7-27)29-12-16-36-30(22-29)19-20-43(36)24-33(47)25-45-37-9-5-4-8-35(37)42-38(45)26-46/h1-14,16,19-20,22-23,33,46-47H,15,17-18,21,24-26H2,(H,48,49)/t33-/m1/s1. The van der Waals surface area contributed by atoms with Crippen LogP contribution in [-0.2, 0) is 43.9 Å². The van der Waals surface area contributed by atoms with Gasteiger partial charge in [-0.2, -0.15) is 0 Å². The molecule has 0 unspecified atom stereocenters. The van der Waals surface area contributed by atoms with E-state index < -0.39 is 12.1 Å². The maximum absolute atomic E-state index is 14.1. The van der Waals surface area contributed by atoms with Crippen LogP contribution in [0.25, 0.3) is 44.3 Å². The molecular formula is C40H37FN4O4. The number of nitrogens with zero attached hydrogens (tertiary/aromatic N) is 4. The quantitative estimate of drug-likeness (QED) is 0.123. The third-order valence-electron chi connectivity index (χ3n) is 9.12. The average molecular weight is 657 g/mol. The van der Waals surface area contributed by atoms with Crippen molar-refractivity contribution >= 4 is 27.9 Å². The molecule has 7 aromatic rings. The van der Waals surface area contributed by atoms with Crippen molar-refractivity contribution < 1.29 is 24.5 Å². The molecule has 49 heavy (non-hydrogen) atoms. The van der Waals surface area contributed by atoms with Crippen LogP contribution in [0.4, 0.5) is 4.39 Å². The summed E-state index contributed by atoms with van der Waals surface area (Å²) in [4.78, 5) is 16.2. The third-order valence-corrected chi connectivity index (χ3v) is 9.12. The molecule has 4 aromatic carbocycles. The Hall–Kier alpha value is -5.51. The molecule has 1 atom stereocenters. The summed E-state index contributed by atoms with van der Waals surface area (Å²) >= 11 is 0. The Kier molecular flexibility index (Phi) is 9.11. The van der Waals surface area contributed by atoms with E-state index in [0.717, 1.165) is 56.4 Å². The van der Waals surface area contributed by atoms with Gasteiger partial charge in [0.25, 0.3) is 0 Å². The van der Waals surface area contributed by atoms with Gasteiger partial charge in [0.2, 0.25) is 0 Å². The van der Waals surface area contributed by atoms with Crippen molar-refractivity contribution in [3.05, 3.63) is 138 Å². The first-order valence-electron chi connectivity index (χ1n) is 16.4. The molecule has 0 saturated carbocycles. The zero-order chi connectivity index (χ0) is 33.9. The highest BCUT2D eigenvalue weighted by molar-refractivity contribution is 5.90. The molecule has 8 nitrogen and oxygen atoms in total. The highest BCUT2D eigenvalue weighted by Gasteiger charge is 2.20. The van der Waals surface area contributed by atoms with Gasteiger partial charge < -0.3 is 29.0 Å². The monoisotopic (exact) mass is 656 g/mol. The topological polar surface area (TPSA) is 105 Å². The van der Waals surface area contributed by atoms with Crippen LogP contribution >= 0.6 is 0 Å². The molecule has 3 N–H and O–H groups in total. The summed E-state index contributed by atoms with van der Waals surface area (Å²) in [7, 11) is 0. The van der Waals surface area contributed by atoms with Crippen LogP contribution in [-0.4, -0.2) is 46.1 Å². The second kappa shape index (κ2) is 13.9. The Morgan fingerprint density at radius 1 is 0.796 bits per heavy atom. The Bertz CT molecular complexity index is 2230. The van der Waals surface area contributed by atoms with Gasteiger partial charge in [-0.05, 0) is 90.2 Å². The first-order chi connectivity index (χ1) is 23.9. The lowest BCUT2D eigenvalue weighted by molar-refractivity contribution is -0.137. The fourth-order valence-corrected chi connectivity index (χ4v) is 6.80. The second-order valence-corrected chi connectivity index (χ2v) is 12.4. The highest BCUT2D eigenvalue weighted by Crippen LogP contribution is 2.38. The molecule has 0 radical (unpaired) electrons. The van der Waals surface area contributed by atoms with Gasteiger partial charge >= 0.3 is 5.97 Å². The molecule has 248 valence electrons. The summed E-state index contributed by atoms with van der Waals surface area (Å²) in [6.07, 6.45) is 2.33. The van der Waals surface area contributed by atoms with Crippen LogP contribution in [0.5, 0.6) is 0 Å². The van der Waals surface area contributed by atoms with E-state index in [4.69, 9.17) is 0 Å². The molecule has 0 saturated heterocycles. The Balaban J connectivity index is 1.23. The van der Waals surface area contributed by atoms with Crippen LogP contribution in [0.2, 0.25) is 0 Å². The lowest BCUT2D eigenvalue weighted by Crippen LogP contribution is -2.23. The molecule has 0 spiro atoms. The van der Waals surface area contributed by atoms with E-state index in [9.17, 15) is 24.5 Å². The number of imidazole rings is 1. The molecule has 0 aliphatic rings. The number of hydrogen-bond acceptors (Lipinski definition) is 4. The molecule has 0 fully saturated rings. The molecule has 3 aromatic heterocycles. The van der Waals surface area contributed by atoms with Gasteiger partial charge in [0.05, 0.1) is 42.3 Å². The van der Waals surface area contributed by atoms with Crippen LogP contribution < -0.4 is 0 Å². The van der Waals surface area contributed by atoms with Gasteiger partial charge in [-0.25, -0.2) is 9.37 Å². The minimum atomic E-state index is -0.862. The van der Waals surface area contributed by atoms with Gasteiger partial charge in [-0.1, -0.05) is 48.5 Å². The number of aromatic nitrogens is 4. The number of aliphatic carboxylic acids is 1. The maximum Gasteiger partial charge on any atom is 0.303 e. The van der Waals surface area contributed by atoms with E-state index in [-0.39, 0.29) is 25.4 Å². The van der Waals surface area contributed by atoms with Crippen LogP contribution in [0.3, 0.4) is 0 Å². The number of aliphatic hydroxyl groups excluding tert-OH is 2. The fourth-order valence-electron chi connectivity index (χ4n) is 6.80. The van der Waals surface area contributed by atoms with E-state index in [1.165, 1.54) is 17.7 Å². The lowest BCUT2D eigenvalue weighted by atomic mass is 9.99. The van der Waals surface area contributed by atoms with Gasteiger partial charge in [0, 0.05) is 34.9 Å². The van der Waals surface area contributed by atoms with Gasteiger partial charge in [-0.15, -0.1) is 0 Å². The van der Waals surface area contributed by atoms with Crippen molar-refractivity contribution in [1.82, 2.24) is 18.7 Å². The summed E-state index contributed by atoms with van der Waals surface area (Å²) < 4.78 is 20.2. The zero-order valence-electron chi connectivity index (χ0n) is 26.9. The minimum Gasteiger partial charge on any atom is -0.481 e. The van der Waals surface area contributed by atoms with Crippen LogP contribution in [0.1, 0.15) is 23.5 Å². The van der Waals surface area contributed by atoms with E-state index in [1.54, 1.807) is 12.1 Å². The SMILES string of the molecule is O=C(O)CCc1cc(-c2ccc3c(ccn3C[C@@H](O)Cn3c(CO)nc4ccccc43)c2)c(-c2ccc(F)cc2)n1CCc1ccccc1. The molecule has 0 aliphatic heterocycles. The number of halogens is 1. The Labute approximate surface area is 282 Å². The maximum atomic E-state index is 14.1. The molecule has 0 bridgehead atoms. The molecule has 0 aliphatic carbocycles. The molecule has 9 heteroatoms. The van der Waals surface area contributed by atoms with E-state index in [0.29, 0.717) is 25.3 Å². The number of aryl methyl sites for hydroxylation is 2. The first kappa shape index (κ1) is 32.1. The van der Waals surface area contributed by atoms with Gasteiger partial charge in [0.15, 0.2) is 0 Å². The first-order valence-corrected chi connectivity index (χ1v) is 16.4. The molecule has 0 amide bonds. The second-order valence-electron chi connectivity index (χ2n) is 12.4. The minimum absolute atomic E-state index is 0.00345. The normalized spacial score (nSPS) is 12.2. The van der Waals surface area contributed by atoms with E-state index in [2.05, 4.69) is 33.8 Å². The van der Waals surface area contributed by atoms with Gasteiger partial charge in [-0.3, -0.25) is 4.79 Å². The average Bonchev–Trinajstić information content (AvgIpc) is 3.80. The molecular weight excluding hydrogens is 619 g/mol. The number of fused-ring (bicyclic) bond motifs is 2. The van der Waals surface area contributed by atoms with E-state index >= 15 is 0 Å². The zero-order valence-corrected chi connectivity index (χ0v) is 26.9. The number of carbonyl (C=O) groups is 1. The molecule has 3 heterocycles. The van der Waals surface area contributed by atoms with Crippen LogP contribution in [0, 0.1) is 5.82 Å². The number of hydrogen-bond donors (Lipinski definition) is 3. The molecule has 7 rings (SSSR count). The number of benzene rings is 4. The van der Waals surface area contributed by atoms with Crippen molar-refractivity contribution in [3.8, 4) is 22.4 Å². The summed E-state index contributed by atoms with van der Waals surface area (Å²) in [5.74, 6) is -0.672. The summed E-state index contributed by atoms with van der Waals surface area (Å²) in [5.41, 5.74) is 8.34. The summed E-state index contributed by atoms with van der Waals surface area (Å²) in [5, 5.41) is 31.6. The summed E-state index contributed by atoms with van der Waals surface area (Å²) in [6, 6.07) is 34.5. The predicted octanol–water partition coefficient (Wildman–Crippen LogP) is 7.08. The fraction of sp³-hybridized carbons (Fsp3) is 0.200. The van der Waals surface area contributed by atoms with Crippen molar-refractivity contribution in [1.29, 1.82) is 0 Å². The van der Waals surface area contributed by atoms with Gasteiger partial charge in [0.1, 0.15) is 18.2 Å². The predicted molar refractivity (Wildman–Crippen MR) is 189 cm³/mol. The Morgan fingerprint density at radius 2 is 1.55 bits per heavy atom. The lowest BCUT2D eigenvalue weighted by Gasteiger charge is -2.16.